The van der Waals surface area contributed by atoms with Crippen molar-refractivity contribution in [3.05, 3.63) is 119 Å². The van der Waals surface area contributed by atoms with Gasteiger partial charge in [-0.2, -0.15) is 0 Å². The van der Waals surface area contributed by atoms with E-state index >= 15 is 0 Å². The van der Waals surface area contributed by atoms with E-state index in [4.69, 9.17) is 14.2 Å². The van der Waals surface area contributed by atoms with Crippen LogP contribution in [0.15, 0.2) is 91.5 Å². The molecule has 0 aromatic heterocycles. The second kappa shape index (κ2) is 16.0. The standard InChI is InChI=1S/C34H41N3O6/c1-4-18-37(2)22-29-20-31(27-14-12-26(23-38)13-15-27)43-33(42-29)28-16-10-25(11-17-28)21-35-34(40)36-30(32(39)41-3)19-24-8-6-5-7-9-24/h4-17,29-31,33,38H,1,18-23H2,2-3H3,(H2,35,36,40)/t29-,30+,31+,33+/m1/s1. The fraction of sp³-hybridized carbons (Fsp3) is 0.353. The topological polar surface area (TPSA) is 109 Å². The molecule has 0 aliphatic carbocycles. The number of nitrogens with zero attached hydrogens (tertiary/aromatic N) is 1. The molecule has 9 nitrogen and oxygen atoms in total. The number of aliphatic hydroxyl groups excluding tert-OH is 1. The lowest BCUT2D eigenvalue weighted by atomic mass is 9.99. The number of hydrogen-bond donors (Lipinski definition) is 3. The first kappa shape index (κ1) is 31.9. The first-order valence-electron chi connectivity index (χ1n) is 14.4. The molecule has 1 aliphatic rings. The molecule has 4 rings (SSSR count). The van der Waals surface area contributed by atoms with Gasteiger partial charge in [0, 0.05) is 38.0 Å². The Kier molecular flexibility index (Phi) is 11.9. The minimum atomic E-state index is -0.804. The molecule has 1 fully saturated rings. The average molecular weight is 588 g/mol. The summed E-state index contributed by atoms with van der Waals surface area (Å²) < 4.78 is 17.7. The zero-order chi connectivity index (χ0) is 30.6. The zero-order valence-electron chi connectivity index (χ0n) is 24.8. The maximum absolute atomic E-state index is 12.6. The molecule has 1 heterocycles. The Morgan fingerprint density at radius 1 is 1.00 bits per heavy atom. The Morgan fingerprint density at radius 2 is 1.67 bits per heavy atom. The normalized spacial score (nSPS) is 18.9. The molecule has 3 aromatic rings. The maximum Gasteiger partial charge on any atom is 0.328 e. The molecule has 2 amide bonds. The number of carbonyl (C=O) groups excluding carboxylic acids is 2. The molecular weight excluding hydrogens is 546 g/mol. The fourth-order valence-electron chi connectivity index (χ4n) is 5.05. The lowest BCUT2D eigenvalue weighted by Crippen LogP contribution is -2.47. The summed E-state index contributed by atoms with van der Waals surface area (Å²) in [5.41, 5.74) is 4.55. The van der Waals surface area contributed by atoms with E-state index in [9.17, 15) is 14.7 Å². The van der Waals surface area contributed by atoms with Crippen LogP contribution in [0.5, 0.6) is 0 Å². The van der Waals surface area contributed by atoms with Crippen molar-refractivity contribution in [2.24, 2.45) is 0 Å². The Morgan fingerprint density at radius 3 is 2.33 bits per heavy atom. The lowest BCUT2D eigenvalue weighted by molar-refractivity contribution is -0.252. The highest BCUT2D eigenvalue weighted by molar-refractivity contribution is 5.83. The number of benzene rings is 3. The molecule has 0 radical (unpaired) electrons. The van der Waals surface area contributed by atoms with Gasteiger partial charge in [-0.05, 0) is 29.3 Å². The number of urea groups is 1. The zero-order valence-corrected chi connectivity index (χ0v) is 24.8. The second-order valence-electron chi connectivity index (χ2n) is 10.7. The third-order valence-electron chi connectivity index (χ3n) is 7.35. The smallest absolute Gasteiger partial charge is 0.328 e. The minimum absolute atomic E-state index is 0.00503. The van der Waals surface area contributed by atoms with E-state index in [2.05, 4.69) is 22.1 Å². The molecule has 1 saturated heterocycles. The number of carbonyl (C=O) groups is 2. The third kappa shape index (κ3) is 9.49. The largest absolute Gasteiger partial charge is 0.467 e. The van der Waals surface area contributed by atoms with Gasteiger partial charge in [-0.3, -0.25) is 0 Å². The first-order chi connectivity index (χ1) is 20.9. The highest BCUT2D eigenvalue weighted by atomic mass is 16.7. The number of amides is 2. The van der Waals surface area contributed by atoms with E-state index in [1.807, 2.05) is 92.0 Å². The van der Waals surface area contributed by atoms with Crippen LogP contribution >= 0.6 is 0 Å². The second-order valence-corrected chi connectivity index (χ2v) is 10.7. The molecule has 4 atom stereocenters. The SMILES string of the molecule is C=CCN(C)C[C@H]1C[C@@H](c2ccc(CO)cc2)O[C@@H](c2ccc(CNC(=O)N[C@@H](Cc3ccccc3)C(=O)OC)cc2)O1. The van der Waals surface area contributed by atoms with Gasteiger partial charge in [-0.15, -0.1) is 6.58 Å². The van der Waals surface area contributed by atoms with Crippen molar-refractivity contribution in [1.82, 2.24) is 15.5 Å². The maximum atomic E-state index is 12.6. The van der Waals surface area contributed by atoms with E-state index in [-0.39, 0.29) is 25.4 Å². The van der Waals surface area contributed by atoms with Gasteiger partial charge in [0.1, 0.15) is 6.04 Å². The van der Waals surface area contributed by atoms with Gasteiger partial charge in [0.15, 0.2) is 6.29 Å². The fourth-order valence-corrected chi connectivity index (χ4v) is 5.05. The van der Waals surface area contributed by atoms with Gasteiger partial charge >= 0.3 is 12.0 Å². The third-order valence-corrected chi connectivity index (χ3v) is 7.35. The number of methoxy groups -OCH3 is 1. The minimum Gasteiger partial charge on any atom is -0.467 e. The van der Waals surface area contributed by atoms with Crippen LogP contribution in [-0.4, -0.2) is 61.4 Å². The Hall–Kier alpha value is -4.02. The molecular formula is C34H41N3O6. The molecule has 228 valence electrons. The highest BCUT2D eigenvalue weighted by Gasteiger charge is 2.32. The van der Waals surface area contributed by atoms with E-state index in [0.29, 0.717) is 12.8 Å². The predicted molar refractivity (Wildman–Crippen MR) is 164 cm³/mol. The van der Waals surface area contributed by atoms with Crippen LogP contribution in [0.3, 0.4) is 0 Å². The number of esters is 1. The molecule has 9 heteroatoms. The van der Waals surface area contributed by atoms with Gasteiger partial charge in [0.25, 0.3) is 0 Å². The highest BCUT2D eigenvalue weighted by Crippen LogP contribution is 2.38. The summed E-state index contributed by atoms with van der Waals surface area (Å²) in [6.45, 7) is 5.58. The number of rotatable bonds is 13. The summed E-state index contributed by atoms with van der Waals surface area (Å²) in [5, 5.41) is 15.0. The summed E-state index contributed by atoms with van der Waals surface area (Å²) in [6, 6.07) is 23.7. The van der Waals surface area contributed by atoms with Crippen LogP contribution in [0.25, 0.3) is 0 Å². The first-order valence-corrected chi connectivity index (χ1v) is 14.4. The summed E-state index contributed by atoms with van der Waals surface area (Å²) in [4.78, 5) is 27.1. The van der Waals surface area contributed by atoms with Gasteiger partial charge in [-0.25, -0.2) is 9.59 Å². The van der Waals surface area contributed by atoms with Crippen molar-refractivity contribution >= 4 is 12.0 Å². The van der Waals surface area contributed by atoms with E-state index in [0.717, 1.165) is 40.9 Å². The molecule has 43 heavy (non-hydrogen) atoms. The van der Waals surface area contributed by atoms with Gasteiger partial charge in [-0.1, -0.05) is 84.9 Å². The van der Waals surface area contributed by atoms with Crippen molar-refractivity contribution in [3.8, 4) is 0 Å². The number of likely N-dealkylation sites (N-methyl/N-ethyl adjacent to an activating group) is 1. The summed E-state index contributed by atoms with van der Waals surface area (Å²) >= 11 is 0. The van der Waals surface area contributed by atoms with Crippen LogP contribution in [-0.2, 0) is 38.6 Å². The van der Waals surface area contributed by atoms with E-state index in [1.165, 1.54) is 7.11 Å². The van der Waals surface area contributed by atoms with E-state index < -0.39 is 24.3 Å². The summed E-state index contributed by atoms with van der Waals surface area (Å²) in [5.74, 6) is -0.507. The molecule has 0 bridgehead atoms. The number of ether oxygens (including phenoxy) is 3. The van der Waals surface area contributed by atoms with Crippen LogP contribution in [0.4, 0.5) is 4.79 Å². The predicted octanol–water partition coefficient (Wildman–Crippen LogP) is 4.43. The quantitative estimate of drug-likeness (QED) is 0.201. The average Bonchev–Trinajstić information content (AvgIpc) is 3.03. The molecule has 1 aliphatic heterocycles. The molecule has 3 aromatic carbocycles. The Labute approximate surface area is 253 Å². The van der Waals surface area contributed by atoms with Crippen LogP contribution < -0.4 is 10.6 Å². The van der Waals surface area contributed by atoms with Gasteiger partial charge < -0.3 is 34.9 Å². The molecule has 3 N–H and O–H groups in total. The van der Waals surface area contributed by atoms with Gasteiger partial charge in [0.05, 0.1) is 25.9 Å². The van der Waals surface area contributed by atoms with Crippen molar-refractivity contribution < 1.29 is 28.9 Å². The molecule has 0 spiro atoms. The van der Waals surface area contributed by atoms with Crippen LogP contribution in [0.1, 0.15) is 46.6 Å². The molecule has 0 saturated carbocycles. The Bertz CT molecular complexity index is 1320. The monoisotopic (exact) mass is 587 g/mol. The van der Waals surface area contributed by atoms with Crippen molar-refractivity contribution in [1.29, 1.82) is 0 Å². The molecule has 0 unspecified atom stereocenters. The van der Waals surface area contributed by atoms with Crippen molar-refractivity contribution in [2.45, 2.75) is 50.5 Å². The number of aliphatic hydroxyl groups is 1. The van der Waals surface area contributed by atoms with Crippen molar-refractivity contribution in [3.63, 3.8) is 0 Å². The Balaban J connectivity index is 1.38. The van der Waals surface area contributed by atoms with E-state index in [1.54, 1.807) is 0 Å². The van der Waals surface area contributed by atoms with Gasteiger partial charge in [0.2, 0.25) is 0 Å². The van der Waals surface area contributed by atoms with Crippen molar-refractivity contribution in [2.75, 3.05) is 27.2 Å². The number of nitrogens with one attached hydrogen (secondary N) is 2. The van der Waals surface area contributed by atoms with Crippen LogP contribution in [0, 0.1) is 0 Å². The lowest BCUT2D eigenvalue weighted by Gasteiger charge is -2.37. The van der Waals surface area contributed by atoms with Crippen LogP contribution in [0.2, 0.25) is 0 Å². The number of hydrogen-bond acceptors (Lipinski definition) is 7. The summed E-state index contributed by atoms with van der Waals surface area (Å²) in [6.07, 6.45) is 2.10. The summed E-state index contributed by atoms with van der Waals surface area (Å²) in [7, 11) is 3.34.